The molecule has 1 amide bonds. The van der Waals surface area contributed by atoms with Crippen molar-refractivity contribution in [1.29, 1.82) is 5.26 Å². The summed E-state index contributed by atoms with van der Waals surface area (Å²) in [6.07, 6.45) is 0. The van der Waals surface area contributed by atoms with E-state index in [2.05, 4.69) is 5.32 Å². The monoisotopic (exact) mass is 341 g/mol. The maximum atomic E-state index is 12.0. The number of nitrogens with two attached hydrogens (primary N) is 1. The Morgan fingerprint density at radius 1 is 1.08 bits per heavy atom. The molecule has 0 aliphatic heterocycles. The minimum Gasteiger partial charge on any atom is -0.493 e. The summed E-state index contributed by atoms with van der Waals surface area (Å²) >= 11 is 0. The van der Waals surface area contributed by atoms with Crippen LogP contribution >= 0.6 is 0 Å². The molecule has 25 heavy (non-hydrogen) atoms. The highest BCUT2D eigenvalue weighted by atomic mass is 16.5. The molecule has 1 unspecified atom stereocenters. The average Bonchev–Trinajstić information content (AvgIpc) is 2.64. The number of methoxy groups -OCH3 is 3. The summed E-state index contributed by atoms with van der Waals surface area (Å²) in [6.45, 7) is 0. The maximum absolute atomic E-state index is 12.0. The van der Waals surface area contributed by atoms with Crippen molar-refractivity contribution >= 4 is 11.6 Å². The largest absolute Gasteiger partial charge is 0.493 e. The van der Waals surface area contributed by atoms with Crippen molar-refractivity contribution in [3.05, 3.63) is 47.5 Å². The zero-order valence-corrected chi connectivity index (χ0v) is 14.2. The van der Waals surface area contributed by atoms with Crippen LogP contribution in [0.2, 0.25) is 0 Å². The molecule has 2 rings (SSSR count). The van der Waals surface area contributed by atoms with E-state index in [1.54, 1.807) is 36.4 Å². The number of nitriles is 1. The SMILES string of the molecule is COc1cc(C(Nc2ccc(C#N)cc2)C(N)=O)cc(OC)c1OC. The fraction of sp³-hybridized carbons (Fsp3) is 0.222. The molecule has 1 atom stereocenters. The van der Waals surface area contributed by atoms with Crippen LogP contribution in [0.5, 0.6) is 17.2 Å². The summed E-state index contributed by atoms with van der Waals surface area (Å²) in [6, 6.07) is 11.2. The predicted octanol–water partition coefficient (Wildman–Crippen LogP) is 2.22. The number of amides is 1. The number of hydrogen-bond acceptors (Lipinski definition) is 6. The van der Waals surface area contributed by atoms with Crippen molar-refractivity contribution < 1.29 is 19.0 Å². The number of rotatable bonds is 7. The van der Waals surface area contributed by atoms with Crippen LogP contribution in [0.3, 0.4) is 0 Å². The summed E-state index contributed by atoms with van der Waals surface area (Å²) in [5.41, 5.74) is 7.29. The van der Waals surface area contributed by atoms with E-state index >= 15 is 0 Å². The molecule has 0 heterocycles. The van der Waals surface area contributed by atoms with E-state index in [9.17, 15) is 4.79 Å². The van der Waals surface area contributed by atoms with Gasteiger partial charge in [-0.25, -0.2) is 0 Å². The van der Waals surface area contributed by atoms with Gasteiger partial charge in [-0.15, -0.1) is 0 Å². The quantitative estimate of drug-likeness (QED) is 0.800. The van der Waals surface area contributed by atoms with Crippen LogP contribution in [0.15, 0.2) is 36.4 Å². The van der Waals surface area contributed by atoms with Gasteiger partial charge in [-0.05, 0) is 42.0 Å². The lowest BCUT2D eigenvalue weighted by Gasteiger charge is -2.20. The van der Waals surface area contributed by atoms with E-state index in [1.807, 2.05) is 6.07 Å². The highest BCUT2D eigenvalue weighted by Crippen LogP contribution is 2.40. The third kappa shape index (κ3) is 3.93. The Balaban J connectivity index is 2.42. The molecule has 3 N–H and O–H groups in total. The Bertz CT molecular complexity index is 772. The van der Waals surface area contributed by atoms with Crippen LogP contribution in [0.25, 0.3) is 0 Å². The van der Waals surface area contributed by atoms with Gasteiger partial charge >= 0.3 is 0 Å². The van der Waals surface area contributed by atoms with Gasteiger partial charge in [0.05, 0.1) is 33.0 Å². The van der Waals surface area contributed by atoms with Gasteiger partial charge in [0.25, 0.3) is 0 Å². The molecule has 2 aromatic carbocycles. The Hall–Kier alpha value is -3.40. The number of nitrogens with one attached hydrogen (secondary N) is 1. The van der Waals surface area contributed by atoms with Gasteiger partial charge in [-0.1, -0.05) is 0 Å². The van der Waals surface area contributed by atoms with E-state index in [4.69, 9.17) is 25.2 Å². The molecule has 0 bridgehead atoms. The summed E-state index contributed by atoms with van der Waals surface area (Å²) in [5.74, 6) is 0.698. The molecule has 0 aliphatic carbocycles. The summed E-state index contributed by atoms with van der Waals surface area (Å²) in [7, 11) is 4.49. The van der Waals surface area contributed by atoms with Gasteiger partial charge in [0.15, 0.2) is 11.5 Å². The number of nitrogens with zero attached hydrogens (tertiary/aromatic N) is 1. The Morgan fingerprint density at radius 3 is 2.04 bits per heavy atom. The van der Waals surface area contributed by atoms with Crippen LogP contribution < -0.4 is 25.3 Å². The fourth-order valence-electron chi connectivity index (χ4n) is 2.39. The third-order valence-electron chi connectivity index (χ3n) is 3.63. The van der Waals surface area contributed by atoms with Crippen molar-refractivity contribution in [2.24, 2.45) is 5.73 Å². The molecule has 0 aromatic heterocycles. The smallest absolute Gasteiger partial charge is 0.244 e. The number of ether oxygens (including phenoxy) is 3. The van der Waals surface area contributed by atoms with Crippen molar-refractivity contribution in [3.8, 4) is 23.3 Å². The summed E-state index contributed by atoms with van der Waals surface area (Å²) in [4.78, 5) is 12.0. The molecule has 2 aromatic rings. The molecule has 7 nitrogen and oxygen atoms in total. The molecular formula is C18H19N3O4. The van der Waals surface area contributed by atoms with E-state index in [1.165, 1.54) is 21.3 Å². The second kappa shape index (κ2) is 7.93. The maximum Gasteiger partial charge on any atom is 0.244 e. The lowest BCUT2D eigenvalue weighted by atomic mass is 10.0. The Labute approximate surface area is 145 Å². The van der Waals surface area contributed by atoms with Gasteiger partial charge < -0.3 is 25.3 Å². The molecule has 0 saturated carbocycles. The molecule has 130 valence electrons. The molecule has 0 fully saturated rings. The number of carbonyl (C=O) groups excluding carboxylic acids is 1. The first-order chi connectivity index (χ1) is 12.0. The lowest BCUT2D eigenvalue weighted by molar-refractivity contribution is -0.118. The van der Waals surface area contributed by atoms with Crippen LogP contribution in [0.4, 0.5) is 5.69 Å². The number of benzene rings is 2. The molecule has 0 spiro atoms. The number of primary amides is 1. The van der Waals surface area contributed by atoms with Crippen LogP contribution in [-0.4, -0.2) is 27.2 Å². The normalized spacial score (nSPS) is 11.1. The third-order valence-corrected chi connectivity index (χ3v) is 3.63. The Kier molecular flexibility index (Phi) is 5.69. The second-order valence-electron chi connectivity index (χ2n) is 5.13. The predicted molar refractivity (Wildman–Crippen MR) is 92.8 cm³/mol. The van der Waals surface area contributed by atoms with Crippen LogP contribution in [-0.2, 0) is 4.79 Å². The second-order valence-corrected chi connectivity index (χ2v) is 5.13. The van der Waals surface area contributed by atoms with E-state index in [0.29, 0.717) is 34.1 Å². The van der Waals surface area contributed by atoms with Gasteiger partial charge in [-0.3, -0.25) is 4.79 Å². The first-order valence-corrected chi connectivity index (χ1v) is 7.40. The zero-order valence-electron chi connectivity index (χ0n) is 14.2. The molecule has 0 radical (unpaired) electrons. The number of anilines is 1. The van der Waals surface area contributed by atoms with Gasteiger partial charge in [-0.2, -0.15) is 5.26 Å². The first kappa shape index (κ1) is 17.9. The van der Waals surface area contributed by atoms with Crippen molar-refractivity contribution in [3.63, 3.8) is 0 Å². The standard InChI is InChI=1S/C18H19N3O4/c1-23-14-8-12(9-15(24-2)17(14)25-3)16(18(20)22)21-13-6-4-11(10-19)5-7-13/h4-9,16,21H,1-3H3,(H2,20,22). The Morgan fingerprint density at radius 2 is 1.64 bits per heavy atom. The average molecular weight is 341 g/mol. The van der Waals surface area contributed by atoms with Gasteiger partial charge in [0.1, 0.15) is 6.04 Å². The van der Waals surface area contributed by atoms with E-state index in [-0.39, 0.29) is 0 Å². The van der Waals surface area contributed by atoms with Crippen molar-refractivity contribution in [2.75, 3.05) is 26.6 Å². The van der Waals surface area contributed by atoms with Crippen molar-refractivity contribution in [2.45, 2.75) is 6.04 Å². The summed E-state index contributed by atoms with van der Waals surface area (Å²) < 4.78 is 15.9. The lowest BCUT2D eigenvalue weighted by Crippen LogP contribution is -2.27. The fourth-order valence-corrected chi connectivity index (χ4v) is 2.39. The molecule has 0 aliphatic rings. The first-order valence-electron chi connectivity index (χ1n) is 7.40. The number of hydrogen-bond donors (Lipinski definition) is 2. The van der Waals surface area contributed by atoms with E-state index in [0.717, 1.165) is 0 Å². The molecular weight excluding hydrogens is 322 g/mol. The zero-order chi connectivity index (χ0) is 18.4. The minimum atomic E-state index is -0.818. The summed E-state index contributed by atoms with van der Waals surface area (Å²) in [5, 5.41) is 11.9. The van der Waals surface area contributed by atoms with Crippen molar-refractivity contribution in [1.82, 2.24) is 0 Å². The molecule has 7 heteroatoms. The van der Waals surface area contributed by atoms with E-state index < -0.39 is 11.9 Å². The minimum absolute atomic E-state index is 0.421. The number of carbonyl (C=O) groups is 1. The van der Waals surface area contributed by atoms with Gasteiger partial charge in [0, 0.05) is 5.69 Å². The van der Waals surface area contributed by atoms with Gasteiger partial charge in [0.2, 0.25) is 11.7 Å². The highest BCUT2D eigenvalue weighted by Gasteiger charge is 2.22. The topological polar surface area (TPSA) is 107 Å². The highest BCUT2D eigenvalue weighted by molar-refractivity contribution is 5.85. The molecule has 0 saturated heterocycles. The van der Waals surface area contributed by atoms with Crippen LogP contribution in [0.1, 0.15) is 17.2 Å². The van der Waals surface area contributed by atoms with Crippen LogP contribution in [0, 0.1) is 11.3 Å².